The van der Waals surface area contributed by atoms with Crippen LogP contribution < -0.4 is 4.74 Å². The summed E-state index contributed by atoms with van der Waals surface area (Å²) < 4.78 is 5.23. The van der Waals surface area contributed by atoms with Crippen LogP contribution in [-0.2, 0) is 11.2 Å². The molecule has 0 N–H and O–H groups in total. The quantitative estimate of drug-likeness (QED) is 0.698. The number of aryl methyl sites for hydroxylation is 1. The van der Waals surface area contributed by atoms with Gasteiger partial charge in [0.1, 0.15) is 5.75 Å². The summed E-state index contributed by atoms with van der Waals surface area (Å²) >= 11 is 0. The van der Waals surface area contributed by atoms with E-state index in [-0.39, 0.29) is 0 Å². The molecule has 0 aromatic heterocycles. The average molecular weight is 260 g/mol. The van der Waals surface area contributed by atoms with E-state index < -0.39 is 0 Å². The number of ether oxygens (including phenoxy) is 1. The van der Waals surface area contributed by atoms with Crippen molar-refractivity contribution in [3.63, 3.8) is 0 Å². The number of rotatable bonds is 6. The molecule has 0 aliphatic heterocycles. The first-order chi connectivity index (χ1) is 9.36. The molecule has 19 heavy (non-hydrogen) atoms. The van der Waals surface area contributed by atoms with E-state index in [1.807, 2.05) is 12.1 Å². The molecule has 1 saturated carbocycles. The van der Waals surface area contributed by atoms with Crippen LogP contribution in [0, 0.1) is 0 Å². The molecule has 1 aromatic rings. The lowest BCUT2D eigenvalue weighted by Gasteiger charge is -2.26. The van der Waals surface area contributed by atoms with Gasteiger partial charge in [-0.2, -0.15) is 0 Å². The lowest BCUT2D eigenvalue weighted by molar-refractivity contribution is -0.120. The predicted molar refractivity (Wildman–Crippen MR) is 77.6 cm³/mol. The first-order valence-corrected chi connectivity index (χ1v) is 7.59. The van der Waals surface area contributed by atoms with Gasteiger partial charge < -0.3 is 4.74 Å². The van der Waals surface area contributed by atoms with Crippen molar-refractivity contribution in [1.82, 2.24) is 0 Å². The number of unbranched alkanes of at least 4 members (excludes halogenated alkanes) is 1. The van der Waals surface area contributed by atoms with E-state index in [0.717, 1.165) is 12.2 Å². The van der Waals surface area contributed by atoms with Gasteiger partial charge in [0.05, 0.1) is 0 Å². The molecule has 0 unspecified atom stereocenters. The molecule has 0 atom stereocenters. The number of carbonyl (C=O) groups excluding carboxylic acids is 1. The monoisotopic (exact) mass is 260 g/mol. The Labute approximate surface area is 116 Å². The van der Waals surface area contributed by atoms with Crippen LogP contribution in [0.3, 0.4) is 0 Å². The second-order valence-electron chi connectivity index (χ2n) is 5.48. The summed E-state index contributed by atoms with van der Waals surface area (Å²) in [5.41, 5.74) is 2.69. The molecular formula is C17H24O2. The zero-order valence-corrected chi connectivity index (χ0v) is 11.9. The smallest absolute Gasteiger partial charge is 0.298 e. The molecule has 2 nitrogen and oxygen atoms in total. The highest BCUT2D eigenvalue weighted by Crippen LogP contribution is 2.39. The first kappa shape index (κ1) is 14.1. The van der Waals surface area contributed by atoms with Crippen molar-refractivity contribution in [3.05, 3.63) is 29.3 Å². The summed E-state index contributed by atoms with van der Waals surface area (Å²) in [6.07, 6.45) is 9.90. The van der Waals surface area contributed by atoms with Gasteiger partial charge in [-0.3, -0.25) is 4.79 Å². The third-order valence-electron chi connectivity index (χ3n) is 4.14. The van der Waals surface area contributed by atoms with Crippen molar-refractivity contribution in [2.24, 2.45) is 0 Å². The van der Waals surface area contributed by atoms with Gasteiger partial charge in [0.2, 0.25) is 0 Å². The van der Waals surface area contributed by atoms with Crippen molar-refractivity contribution in [1.29, 1.82) is 0 Å². The molecule has 0 spiro atoms. The zero-order valence-electron chi connectivity index (χ0n) is 11.9. The fourth-order valence-electron chi connectivity index (χ4n) is 3.18. The third-order valence-corrected chi connectivity index (χ3v) is 4.14. The summed E-state index contributed by atoms with van der Waals surface area (Å²) in [7, 11) is 0. The normalized spacial score (nSPS) is 16.3. The number of benzene rings is 1. The maximum absolute atomic E-state index is 10.7. The Bertz CT molecular complexity index is 406. The molecular weight excluding hydrogens is 236 g/mol. The molecule has 2 heteroatoms. The molecule has 2 rings (SSSR count). The predicted octanol–water partition coefficient (Wildman–Crippen LogP) is 4.61. The van der Waals surface area contributed by atoms with E-state index in [9.17, 15) is 4.79 Å². The molecule has 1 aliphatic carbocycles. The number of carbonyl (C=O) groups is 1. The molecule has 104 valence electrons. The van der Waals surface area contributed by atoms with Crippen molar-refractivity contribution in [3.8, 4) is 5.75 Å². The molecule has 0 amide bonds. The molecule has 1 aromatic carbocycles. The van der Waals surface area contributed by atoms with E-state index in [0.29, 0.717) is 12.4 Å². The van der Waals surface area contributed by atoms with E-state index >= 15 is 0 Å². The number of hydrogen-bond donors (Lipinski definition) is 0. The van der Waals surface area contributed by atoms with Crippen molar-refractivity contribution in [2.75, 3.05) is 0 Å². The van der Waals surface area contributed by atoms with Gasteiger partial charge in [0, 0.05) is 5.56 Å². The van der Waals surface area contributed by atoms with Gasteiger partial charge in [-0.1, -0.05) is 44.7 Å². The fourth-order valence-corrected chi connectivity index (χ4v) is 3.18. The Morgan fingerprint density at radius 2 is 2.05 bits per heavy atom. The average Bonchev–Trinajstić information content (AvgIpc) is 2.46. The first-order valence-electron chi connectivity index (χ1n) is 7.59. The Balaban J connectivity index is 2.30. The van der Waals surface area contributed by atoms with Gasteiger partial charge in [-0.05, 0) is 43.2 Å². The topological polar surface area (TPSA) is 26.3 Å². The van der Waals surface area contributed by atoms with E-state index in [1.165, 1.54) is 56.1 Å². The van der Waals surface area contributed by atoms with Crippen LogP contribution in [0.4, 0.5) is 0 Å². The summed E-state index contributed by atoms with van der Waals surface area (Å²) in [4.78, 5) is 10.7. The molecule has 0 saturated heterocycles. The lowest BCUT2D eigenvalue weighted by atomic mass is 9.81. The maximum atomic E-state index is 10.7. The molecule has 0 bridgehead atoms. The second-order valence-corrected chi connectivity index (χ2v) is 5.48. The van der Waals surface area contributed by atoms with E-state index in [2.05, 4.69) is 13.0 Å². The standard InChI is InChI=1S/C17H24O2/c1-2-3-8-14-11-7-12-16(19-13-18)17(14)15-9-5-4-6-10-15/h7,11-13,15H,2-6,8-10H2,1H3. The highest BCUT2D eigenvalue weighted by atomic mass is 16.5. The summed E-state index contributed by atoms with van der Waals surface area (Å²) in [5, 5.41) is 0. The zero-order chi connectivity index (χ0) is 13.5. The Morgan fingerprint density at radius 3 is 2.74 bits per heavy atom. The maximum Gasteiger partial charge on any atom is 0.298 e. The van der Waals surface area contributed by atoms with Gasteiger partial charge in [0.25, 0.3) is 6.47 Å². The van der Waals surface area contributed by atoms with Gasteiger partial charge in [0.15, 0.2) is 0 Å². The Morgan fingerprint density at radius 1 is 1.26 bits per heavy atom. The minimum absolute atomic E-state index is 0.561. The Hall–Kier alpha value is -1.31. The van der Waals surface area contributed by atoms with Crippen molar-refractivity contribution in [2.45, 2.75) is 64.2 Å². The summed E-state index contributed by atoms with van der Waals surface area (Å²) in [6.45, 7) is 2.78. The second kappa shape index (κ2) is 7.32. The number of hydrogen-bond acceptors (Lipinski definition) is 2. The summed E-state index contributed by atoms with van der Waals surface area (Å²) in [6, 6.07) is 6.15. The van der Waals surface area contributed by atoms with E-state index in [1.54, 1.807) is 0 Å². The highest BCUT2D eigenvalue weighted by Gasteiger charge is 2.22. The minimum Gasteiger partial charge on any atom is -0.428 e. The van der Waals surface area contributed by atoms with Crippen LogP contribution in [0.15, 0.2) is 18.2 Å². The molecule has 1 aliphatic rings. The van der Waals surface area contributed by atoms with Crippen LogP contribution >= 0.6 is 0 Å². The lowest BCUT2D eigenvalue weighted by Crippen LogP contribution is -2.10. The van der Waals surface area contributed by atoms with E-state index in [4.69, 9.17) is 4.74 Å². The Kier molecular flexibility index (Phi) is 5.44. The molecule has 0 radical (unpaired) electrons. The van der Waals surface area contributed by atoms with Crippen LogP contribution in [-0.4, -0.2) is 6.47 Å². The van der Waals surface area contributed by atoms with Crippen LogP contribution in [0.5, 0.6) is 5.75 Å². The van der Waals surface area contributed by atoms with Crippen LogP contribution in [0.1, 0.15) is 68.9 Å². The minimum atomic E-state index is 0.561. The largest absolute Gasteiger partial charge is 0.428 e. The van der Waals surface area contributed by atoms with Gasteiger partial charge >= 0.3 is 0 Å². The van der Waals surface area contributed by atoms with Crippen molar-refractivity contribution >= 4 is 6.47 Å². The third kappa shape index (κ3) is 3.59. The van der Waals surface area contributed by atoms with Crippen LogP contribution in [0.25, 0.3) is 0 Å². The van der Waals surface area contributed by atoms with Gasteiger partial charge in [-0.25, -0.2) is 0 Å². The summed E-state index contributed by atoms with van der Waals surface area (Å²) in [5.74, 6) is 1.37. The van der Waals surface area contributed by atoms with Crippen molar-refractivity contribution < 1.29 is 9.53 Å². The van der Waals surface area contributed by atoms with Gasteiger partial charge in [-0.15, -0.1) is 0 Å². The fraction of sp³-hybridized carbons (Fsp3) is 0.588. The SMILES string of the molecule is CCCCc1cccc(OC=O)c1C1CCCCC1. The highest BCUT2D eigenvalue weighted by molar-refractivity contribution is 5.51. The molecule has 0 heterocycles. The molecule has 1 fully saturated rings. The van der Waals surface area contributed by atoms with Crippen LogP contribution in [0.2, 0.25) is 0 Å².